The minimum atomic E-state index is 0.661. The van der Waals surface area contributed by atoms with Crippen molar-refractivity contribution in [3.8, 4) is 39.8 Å². The molecular formula is C21H19N3O3. The Morgan fingerprint density at radius 2 is 1.63 bits per heavy atom. The van der Waals surface area contributed by atoms with Crippen molar-refractivity contribution in [1.82, 2.24) is 14.6 Å². The third-order valence-corrected chi connectivity index (χ3v) is 4.41. The summed E-state index contributed by atoms with van der Waals surface area (Å²) in [6, 6.07) is 17.5. The van der Waals surface area contributed by atoms with Crippen LogP contribution in [0.3, 0.4) is 0 Å². The summed E-state index contributed by atoms with van der Waals surface area (Å²) in [6.07, 6.45) is 1.80. The topological polar surface area (TPSA) is 57.9 Å². The molecule has 27 heavy (non-hydrogen) atoms. The standard InChI is InChI=1S/C21H19N3O3/c1-25-16-6-4-5-14(11-16)17-8-10-21-22-13-18(24(21)23-17)15-7-9-19(26-2)20(12-15)27-3/h4-13H,1-3H3. The van der Waals surface area contributed by atoms with Crippen LogP contribution in [0.15, 0.2) is 60.8 Å². The molecule has 2 aromatic carbocycles. The molecule has 0 N–H and O–H groups in total. The Labute approximate surface area is 157 Å². The van der Waals surface area contributed by atoms with E-state index in [-0.39, 0.29) is 0 Å². The molecule has 0 aliphatic carbocycles. The van der Waals surface area contributed by atoms with Crippen molar-refractivity contribution in [2.24, 2.45) is 0 Å². The molecule has 0 saturated carbocycles. The van der Waals surface area contributed by atoms with Gasteiger partial charge in [-0.05, 0) is 42.5 Å². The average molecular weight is 361 g/mol. The number of nitrogens with zero attached hydrogens (tertiary/aromatic N) is 3. The largest absolute Gasteiger partial charge is 0.497 e. The Morgan fingerprint density at radius 1 is 0.778 bits per heavy atom. The lowest BCUT2D eigenvalue weighted by molar-refractivity contribution is 0.355. The molecule has 2 heterocycles. The summed E-state index contributed by atoms with van der Waals surface area (Å²) in [5.74, 6) is 2.13. The van der Waals surface area contributed by atoms with Gasteiger partial charge in [0.15, 0.2) is 17.1 Å². The van der Waals surface area contributed by atoms with Gasteiger partial charge >= 0.3 is 0 Å². The summed E-state index contributed by atoms with van der Waals surface area (Å²) in [4.78, 5) is 4.47. The van der Waals surface area contributed by atoms with Crippen LogP contribution in [-0.2, 0) is 0 Å². The molecule has 0 unspecified atom stereocenters. The van der Waals surface area contributed by atoms with Crippen LogP contribution < -0.4 is 14.2 Å². The summed E-state index contributed by atoms with van der Waals surface area (Å²) >= 11 is 0. The molecule has 0 aliphatic heterocycles. The van der Waals surface area contributed by atoms with Crippen molar-refractivity contribution in [2.45, 2.75) is 0 Å². The molecule has 4 rings (SSSR count). The van der Waals surface area contributed by atoms with Gasteiger partial charge in [-0.15, -0.1) is 0 Å². The fourth-order valence-corrected chi connectivity index (χ4v) is 3.00. The highest BCUT2D eigenvalue weighted by Crippen LogP contribution is 2.32. The Hall–Kier alpha value is -3.54. The van der Waals surface area contributed by atoms with Gasteiger partial charge in [0.1, 0.15) is 5.75 Å². The number of ether oxygens (including phenoxy) is 3. The smallest absolute Gasteiger partial charge is 0.161 e. The Morgan fingerprint density at radius 3 is 2.41 bits per heavy atom. The van der Waals surface area contributed by atoms with Crippen LogP contribution in [0, 0.1) is 0 Å². The van der Waals surface area contributed by atoms with Crippen molar-refractivity contribution >= 4 is 5.65 Å². The first kappa shape index (κ1) is 16.9. The zero-order chi connectivity index (χ0) is 18.8. The Balaban J connectivity index is 1.83. The number of hydrogen-bond donors (Lipinski definition) is 0. The molecule has 2 aromatic heterocycles. The maximum absolute atomic E-state index is 5.42. The van der Waals surface area contributed by atoms with Crippen LogP contribution in [-0.4, -0.2) is 35.9 Å². The monoisotopic (exact) mass is 361 g/mol. The maximum atomic E-state index is 5.42. The number of rotatable bonds is 5. The zero-order valence-electron chi connectivity index (χ0n) is 15.3. The van der Waals surface area contributed by atoms with Gasteiger partial charge in [-0.1, -0.05) is 12.1 Å². The van der Waals surface area contributed by atoms with E-state index >= 15 is 0 Å². The Kier molecular flexibility index (Phi) is 4.38. The predicted octanol–water partition coefficient (Wildman–Crippen LogP) is 4.09. The third-order valence-electron chi connectivity index (χ3n) is 4.41. The lowest BCUT2D eigenvalue weighted by Gasteiger charge is -2.10. The quantitative estimate of drug-likeness (QED) is 0.536. The van der Waals surface area contributed by atoms with E-state index in [0.717, 1.165) is 33.9 Å². The summed E-state index contributed by atoms with van der Waals surface area (Å²) in [7, 11) is 4.89. The Bertz CT molecular complexity index is 1100. The van der Waals surface area contributed by atoms with Crippen LogP contribution in [0.1, 0.15) is 0 Å². The second kappa shape index (κ2) is 6.99. The molecule has 136 valence electrons. The van der Waals surface area contributed by atoms with Crippen molar-refractivity contribution < 1.29 is 14.2 Å². The minimum absolute atomic E-state index is 0.661. The fraction of sp³-hybridized carbons (Fsp3) is 0.143. The van der Waals surface area contributed by atoms with Crippen molar-refractivity contribution in [3.63, 3.8) is 0 Å². The highest BCUT2D eigenvalue weighted by atomic mass is 16.5. The van der Waals surface area contributed by atoms with Crippen LogP contribution in [0.2, 0.25) is 0 Å². The van der Waals surface area contributed by atoms with E-state index in [4.69, 9.17) is 19.3 Å². The maximum Gasteiger partial charge on any atom is 0.161 e. The van der Waals surface area contributed by atoms with Gasteiger partial charge in [-0.2, -0.15) is 5.10 Å². The molecule has 0 amide bonds. The normalized spacial score (nSPS) is 10.8. The second-order valence-electron chi connectivity index (χ2n) is 5.93. The fourth-order valence-electron chi connectivity index (χ4n) is 3.00. The van der Waals surface area contributed by atoms with E-state index < -0.39 is 0 Å². The highest BCUT2D eigenvalue weighted by Gasteiger charge is 2.12. The number of imidazole rings is 1. The van der Waals surface area contributed by atoms with Gasteiger partial charge in [0, 0.05) is 11.1 Å². The minimum Gasteiger partial charge on any atom is -0.497 e. The summed E-state index contributed by atoms with van der Waals surface area (Å²) < 4.78 is 17.9. The average Bonchev–Trinajstić information content (AvgIpc) is 3.16. The van der Waals surface area contributed by atoms with Crippen LogP contribution in [0.4, 0.5) is 0 Å². The molecule has 0 saturated heterocycles. The second-order valence-corrected chi connectivity index (χ2v) is 5.93. The first-order valence-electron chi connectivity index (χ1n) is 8.45. The number of benzene rings is 2. The summed E-state index contributed by atoms with van der Waals surface area (Å²) in [6.45, 7) is 0. The molecule has 0 aliphatic rings. The molecule has 0 radical (unpaired) electrons. The van der Waals surface area contributed by atoms with E-state index in [0.29, 0.717) is 11.5 Å². The molecule has 6 nitrogen and oxygen atoms in total. The van der Waals surface area contributed by atoms with Gasteiger partial charge in [0.05, 0.1) is 38.9 Å². The number of hydrogen-bond acceptors (Lipinski definition) is 5. The van der Waals surface area contributed by atoms with Crippen LogP contribution >= 0.6 is 0 Å². The summed E-state index contributed by atoms with van der Waals surface area (Å²) in [5, 5.41) is 4.78. The van der Waals surface area contributed by atoms with Crippen LogP contribution in [0.5, 0.6) is 17.2 Å². The highest BCUT2D eigenvalue weighted by molar-refractivity contribution is 5.68. The van der Waals surface area contributed by atoms with Gasteiger partial charge in [-0.3, -0.25) is 0 Å². The number of aromatic nitrogens is 3. The first-order chi connectivity index (χ1) is 13.2. The molecule has 0 spiro atoms. The molecule has 0 fully saturated rings. The predicted molar refractivity (Wildman–Crippen MR) is 104 cm³/mol. The molecule has 0 bridgehead atoms. The summed E-state index contributed by atoms with van der Waals surface area (Å²) in [5.41, 5.74) is 4.39. The third kappa shape index (κ3) is 3.06. The van der Waals surface area contributed by atoms with Crippen molar-refractivity contribution in [3.05, 3.63) is 60.8 Å². The number of methoxy groups -OCH3 is 3. The SMILES string of the molecule is COc1cccc(-c2ccc3ncc(-c4ccc(OC)c(OC)c4)n3n2)c1. The van der Waals surface area contributed by atoms with Gasteiger partial charge < -0.3 is 14.2 Å². The van der Waals surface area contributed by atoms with Gasteiger partial charge in [0.25, 0.3) is 0 Å². The van der Waals surface area contributed by atoms with E-state index in [9.17, 15) is 0 Å². The van der Waals surface area contributed by atoms with Crippen LogP contribution in [0.25, 0.3) is 28.2 Å². The van der Waals surface area contributed by atoms with Crippen molar-refractivity contribution in [2.75, 3.05) is 21.3 Å². The molecular weight excluding hydrogens is 342 g/mol. The van der Waals surface area contributed by atoms with Gasteiger partial charge in [0.2, 0.25) is 0 Å². The zero-order valence-corrected chi connectivity index (χ0v) is 15.3. The molecule has 4 aromatic rings. The van der Waals surface area contributed by atoms with E-state index in [1.165, 1.54) is 0 Å². The molecule has 6 heteroatoms. The first-order valence-corrected chi connectivity index (χ1v) is 8.45. The van der Waals surface area contributed by atoms with E-state index in [2.05, 4.69) is 4.98 Å². The van der Waals surface area contributed by atoms with E-state index in [1.807, 2.05) is 59.1 Å². The molecule has 0 atom stereocenters. The van der Waals surface area contributed by atoms with Gasteiger partial charge in [-0.25, -0.2) is 9.50 Å². The number of fused-ring (bicyclic) bond motifs is 1. The lowest BCUT2D eigenvalue weighted by atomic mass is 10.1. The lowest BCUT2D eigenvalue weighted by Crippen LogP contribution is -1.97. The van der Waals surface area contributed by atoms with E-state index in [1.54, 1.807) is 27.5 Å². The van der Waals surface area contributed by atoms with Crippen molar-refractivity contribution in [1.29, 1.82) is 0 Å².